The van der Waals surface area contributed by atoms with Gasteiger partial charge in [0.1, 0.15) is 5.75 Å². The zero-order chi connectivity index (χ0) is 12.5. The molecule has 0 fully saturated rings. The fourth-order valence-electron chi connectivity index (χ4n) is 1.52. The van der Waals surface area contributed by atoms with E-state index in [9.17, 15) is 13.5 Å². The molecule has 0 amide bonds. The average molecular weight is 247 g/mol. The fourth-order valence-corrected chi connectivity index (χ4v) is 2.16. The predicted octanol–water partition coefficient (Wildman–Crippen LogP) is 2.26. The summed E-state index contributed by atoms with van der Waals surface area (Å²) in [6.45, 7) is 0. The highest BCUT2D eigenvalue weighted by atomic mass is 32.2. The van der Waals surface area contributed by atoms with Gasteiger partial charge in [0.2, 0.25) is 0 Å². The SMILES string of the molecule is CS(=O)(=O)c1cc[c]c(-c2cccc(O)c2)c1. The van der Waals surface area contributed by atoms with Crippen LogP contribution < -0.4 is 0 Å². The summed E-state index contributed by atoms with van der Waals surface area (Å²) >= 11 is 0. The van der Waals surface area contributed by atoms with Crippen molar-refractivity contribution in [2.75, 3.05) is 6.26 Å². The number of hydrogen-bond acceptors (Lipinski definition) is 3. The van der Waals surface area contributed by atoms with Gasteiger partial charge in [-0.2, -0.15) is 0 Å². The molecule has 0 saturated heterocycles. The molecule has 2 aromatic carbocycles. The molecule has 3 nitrogen and oxygen atoms in total. The van der Waals surface area contributed by atoms with Crippen LogP contribution in [0, 0.1) is 6.07 Å². The van der Waals surface area contributed by atoms with E-state index in [-0.39, 0.29) is 10.6 Å². The molecule has 0 spiro atoms. The summed E-state index contributed by atoms with van der Waals surface area (Å²) in [6.07, 6.45) is 1.16. The van der Waals surface area contributed by atoms with Gasteiger partial charge in [-0.3, -0.25) is 0 Å². The lowest BCUT2D eigenvalue weighted by molar-refractivity contribution is 0.475. The lowest BCUT2D eigenvalue weighted by Crippen LogP contribution is -1.96. The molecule has 0 aromatic heterocycles. The van der Waals surface area contributed by atoms with Crippen LogP contribution in [0.4, 0.5) is 0 Å². The van der Waals surface area contributed by atoms with Crippen LogP contribution in [0.1, 0.15) is 0 Å². The molecule has 0 aliphatic heterocycles. The van der Waals surface area contributed by atoms with Gasteiger partial charge in [-0.15, -0.1) is 0 Å². The predicted molar refractivity (Wildman–Crippen MR) is 65.5 cm³/mol. The lowest BCUT2D eigenvalue weighted by atomic mass is 10.1. The van der Waals surface area contributed by atoms with E-state index < -0.39 is 9.84 Å². The van der Waals surface area contributed by atoms with Gasteiger partial charge in [0.05, 0.1) is 4.90 Å². The second-order valence-corrected chi connectivity index (χ2v) is 5.78. The first-order valence-corrected chi connectivity index (χ1v) is 6.87. The first kappa shape index (κ1) is 11.7. The van der Waals surface area contributed by atoms with Gasteiger partial charge < -0.3 is 5.11 Å². The largest absolute Gasteiger partial charge is 0.508 e. The van der Waals surface area contributed by atoms with E-state index in [0.717, 1.165) is 11.8 Å². The smallest absolute Gasteiger partial charge is 0.175 e. The third-order valence-corrected chi connectivity index (χ3v) is 3.47. The topological polar surface area (TPSA) is 54.4 Å². The van der Waals surface area contributed by atoms with Crippen LogP contribution in [0.15, 0.2) is 47.4 Å². The molecule has 4 heteroatoms. The molecule has 87 valence electrons. The van der Waals surface area contributed by atoms with Crippen molar-refractivity contribution in [3.8, 4) is 16.9 Å². The van der Waals surface area contributed by atoms with Crippen molar-refractivity contribution < 1.29 is 13.5 Å². The van der Waals surface area contributed by atoms with Crippen LogP contribution in [0.5, 0.6) is 5.75 Å². The van der Waals surface area contributed by atoms with Crippen molar-refractivity contribution in [2.24, 2.45) is 0 Å². The summed E-state index contributed by atoms with van der Waals surface area (Å²) in [5.41, 5.74) is 1.37. The molecule has 2 aromatic rings. The number of rotatable bonds is 2. The van der Waals surface area contributed by atoms with E-state index in [1.807, 2.05) is 0 Å². The molecule has 2 rings (SSSR count). The maximum Gasteiger partial charge on any atom is 0.175 e. The normalized spacial score (nSPS) is 11.4. The van der Waals surface area contributed by atoms with Crippen molar-refractivity contribution in [1.82, 2.24) is 0 Å². The van der Waals surface area contributed by atoms with E-state index in [0.29, 0.717) is 5.56 Å². The van der Waals surface area contributed by atoms with Crippen LogP contribution in [0.25, 0.3) is 11.1 Å². The van der Waals surface area contributed by atoms with Gasteiger partial charge in [0.15, 0.2) is 9.84 Å². The van der Waals surface area contributed by atoms with Crippen LogP contribution in [0.2, 0.25) is 0 Å². The Balaban J connectivity index is 2.54. The third-order valence-electron chi connectivity index (χ3n) is 2.36. The van der Waals surface area contributed by atoms with Crippen LogP contribution >= 0.6 is 0 Å². The summed E-state index contributed by atoms with van der Waals surface area (Å²) < 4.78 is 22.8. The van der Waals surface area contributed by atoms with Crippen molar-refractivity contribution in [3.05, 3.63) is 48.5 Å². The highest BCUT2D eigenvalue weighted by Crippen LogP contribution is 2.24. The van der Waals surface area contributed by atoms with Gasteiger partial charge >= 0.3 is 0 Å². The van der Waals surface area contributed by atoms with Gasteiger partial charge in [-0.1, -0.05) is 18.2 Å². The van der Waals surface area contributed by atoms with Crippen LogP contribution in [0.3, 0.4) is 0 Å². The maximum atomic E-state index is 11.4. The minimum Gasteiger partial charge on any atom is -0.508 e. The molecule has 0 bridgehead atoms. The second-order valence-electron chi connectivity index (χ2n) is 3.76. The van der Waals surface area contributed by atoms with E-state index in [2.05, 4.69) is 6.07 Å². The average Bonchev–Trinajstić information content (AvgIpc) is 2.28. The summed E-state index contributed by atoms with van der Waals surface area (Å²) in [7, 11) is -3.23. The van der Waals surface area contributed by atoms with Crippen LogP contribution in [-0.2, 0) is 9.84 Å². The molecule has 1 radical (unpaired) electrons. The van der Waals surface area contributed by atoms with Crippen molar-refractivity contribution in [3.63, 3.8) is 0 Å². The summed E-state index contributed by atoms with van der Waals surface area (Å²) in [6, 6.07) is 14.2. The summed E-state index contributed by atoms with van der Waals surface area (Å²) in [5.74, 6) is 0.139. The molecule has 0 aliphatic carbocycles. The van der Waals surface area contributed by atoms with Crippen molar-refractivity contribution in [1.29, 1.82) is 0 Å². The Kier molecular flexibility index (Phi) is 2.90. The highest BCUT2D eigenvalue weighted by Gasteiger charge is 2.08. The molecule has 17 heavy (non-hydrogen) atoms. The Morgan fingerprint density at radius 2 is 1.94 bits per heavy atom. The fraction of sp³-hybridized carbons (Fsp3) is 0.0769. The third kappa shape index (κ3) is 2.65. The van der Waals surface area contributed by atoms with E-state index >= 15 is 0 Å². The maximum absolute atomic E-state index is 11.4. The number of hydrogen-bond donors (Lipinski definition) is 1. The Morgan fingerprint density at radius 3 is 2.59 bits per heavy atom. The quantitative estimate of drug-likeness (QED) is 0.885. The monoisotopic (exact) mass is 247 g/mol. The molecular weight excluding hydrogens is 236 g/mol. The lowest BCUT2D eigenvalue weighted by Gasteiger charge is -2.04. The first-order valence-electron chi connectivity index (χ1n) is 4.98. The molecule has 0 heterocycles. The first-order chi connectivity index (χ1) is 7.97. The van der Waals surface area contributed by atoms with Crippen molar-refractivity contribution in [2.45, 2.75) is 4.90 Å². The molecule has 0 atom stereocenters. The number of phenols is 1. The van der Waals surface area contributed by atoms with Crippen LogP contribution in [-0.4, -0.2) is 19.8 Å². The van der Waals surface area contributed by atoms with Gasteiger partial charge in [-0.05, 0) is 41.5 Å². The molecule has 1 N–H and O–H groups in total. The number of phenolic OH excluding ortho intramolecular Hbond substituents is 1. The summed E-state index contributed by atoms with van der Waals surface area (Å²) in [5, 5.41) is 9.37. The summed E-state index contributed by atoms with van der Waals surface area (Å²) in [4.78, 5) is 0.245. The Hall–Kier alpha value is -1.81. The molecule has 0 aliphatic rings. The molecular formula is C13H11O3S. The Morgan fingerprint density at radius 1 is 1.18 bits per heavy atom. The minimum absolute atomic E-state index is 0.139. The zero-order valence-electron chi connectivity index (χ0n) is 9.21. The number of benzene rings is 2. The van der Waals surface area contributed by atoms with Gasteiger partial charge in [0.25, 0.3) is 0 Å². The van der Waals surface area contributed by atoms with E-state index in [4.69, 9.17) is 0 Å². The van der Waals surface area contributed by atoms with E-state index in [1.54, 1.807) is 36.4 Å². The Labute approximate surface area is 100 Å². The minimum atomic E-state index is -3.23. The highest BCUT2D eigenvalue weighted by molar-refractivity contribution is 7.90. The molecule has 0 unspecified atom stereocenters. The second kappa shape index (κ2) is 4.22. The Bertz CT molecular complexity index is 645. The van der Waals surface area contributed by atoms with Gasteiger partial charge in [0, 0.05) is 6.26 Å². The van der Waals surface area contributed by atoms with Crippen molar-refractivity contribution >= 4 is 9.84 Å². The number of sulfone groups is 1. The molecule has 0 saturated carbocycles. The standard InChI is InChI=1S/C13H11O3S/c1-17(15,16)13-7-3-5-11(9-13)10-4-2-6-12(14)8-10/h2-4,6-9,14H,1H3. The zero-order valence-corrected chi connectivity index (χ0v) is 10.0. The van der Waals surface area contributed by atoms with Gasteiger partial charge in [-0.25, -0.2) is 8.42 Å². The number of aromatic hydroxyl groups is 1. The van der Waals surface area contributed by atoms with E-state index in [1.165, 1.54) is 6.07 Å².